The Morgan fingerprint density at radius 1 is 0.405 bits per heavy atom. The van der Waals surface area contributed by atoms with Gasteiger partial charge in [0, 0.05) is 0 Å². The van der Waals surface area contributed by atoms with Crippen LogP contribution in [0.2, 0.25) is 29.6 Å². The number of aryl methyl sites for hydroxylation is 2. The van der Waals surface area contributed by atoms with E-state index in [1.54, 1.807) is 20.9 Å². The molecule has 0 amide bonds. The van der Waals surface area contributed by atoms with Crippen molar-refractivity contribution in [2.45, 2.75) is 185 Å². The zero-order valence-corrected chi connectivity index (χ0v) is 36.9. The summed E-state index contributed by atoms with van der Waals surface area (Å²) < 4.78 is 3.70. The first-order chi connectivity index (χ1) is 20.1. The summed E-state index contributed by atoms with van der Waals surface area (Å²) in [6, 6.07) is 5.32. The molecule has 0 bridgehead atoms. The van der Waals surface area contributed by atoms with Gasteiger partial charge in [0.15, 0.2) is 0 Å². The molecule has 0 unspecified atom stereocenters. The second-order valence-corrected chi connectivity index (χ2v) is 48.0. The molecule has 0 nitrogen and oxygen atoms in total. The molecule has 0 aliphatic heterocycles. The van der Waals surface area contributed by atoms with Crippen LogP contribution in [0, 0.1) is 0 Å². The average Bonchev–Trinajstić information content (AvgIpc) is 3.56. The van der Waals surface area contributed by atoms with Crippen molar-refractivity contribution in [2.75, 3.05) is 0 Å². The average molecular weight is 829 g/mol. The monoisotopic (exact) mass is 830 g/mol. The van der Waals surface area contributed by atoms with Crippen molar-refractivity contribution in [3.63, 3.8) is 0 Å². The predicted molar refractivity (Wildman–Crippen MR) is 205 cm³/mol. The number of unbranched alkanes of at least 4 members (excludes halogenated alkanes) is 18. The molecule has 2 aromatic heterocycles. The molecule has 2 heterocycles. The molecule has 0 aliphatic carbocycles. The molecule has 0 aliphatic rings. The molecule has 2 aromatic rings. The molecule has 0 aromatic carbocycles. The number of hydrogen-bond acceptors (Lipinski definition) is 2. The van der Waals surface area contributed by atoms with Gasteiger partial charge in [-0.3, -0.25) is 0 Å². The van der Waals surface area contributed by atoms with Crippen LogP contribution in [0.25, 0.3) is 9.75 Å². The Labute approximate surface area is 280 Å². The van der Waals surface area contributed by atoms with E-state index in [0.29, 0.717) is 0 Å². The first kappa shape index (κ1) is 39.2. The molecule has 0 radical (unpaired) electrons. The van der Waals surface area contributed by atoms with E-state index in [2.05, 4.69) is 78.3 Å². The molecule has 0 atom stereocenters. The molecular formula is C38H70S2Sn2. The quantitative estimate of drug-likeness (QED) is 0.0691. The van der Waals surface area contributed by atoms with E-state index in [-0.39, 0.29) is 0 Å². The molecule has 0 saturated carbocycles. The maximum atomic E-state index is 2.66. The van der Waals surface area contributed by atoms with Gasteiger partial charge in [-0.2, -0.15) is 0 Å². The van der Waals surface area contributed by atoms with Gasteiger partial charge in [0.2, 0.25) is 0 Å². The summed E-state index contributed by atoms with van der Waals surface area (Å²) >= 11 is 0.113. The summed E-state index contributed by atoms with van der Waals surface area (Å²) in [6.45, 7) is 4.63. The van der Waals surface area contributed by atoms with Gasteiger partial charge in [0.1, 0.15) is 0 Å². The molecule has 42 heavy (non-hydrogen) atoms. The van der Waals surface area contributed by atoms with Gasteiger partial charge in [-0.1, -0.05) is 26.7 Å². The van der Waals surface area contributed by atoms with Gasteiger partial charge in [0.25, 0.3) is 0 Å². The second-order valence-electron chi connectivity index (χ2n) is 15.3. The van der Waals surface area contributed by atoms with Crippen LogP contribution in [0.3, 0.4) is 0 Å². The third kappa shape index (κ3) is 15.5. The fourth-order valence-corrected chi connectivity index (χ4v) is 22.7. The number of rotatable bonds is 25. The van der Waals surface area contributed by atoms with Crippen LogP contribution in [-0.4, -0.2) is 36.8 Å². The molecule has 0 spiro atoms. The summed E-state index contributed by atoms with van der Waals surface area (Å²) in [5, 5.41) is 0. The summed E-state index contributed by atoms with van der Waals surface area (Å²) in [5.41, 5.74) is 3.48. The fraction of sp³-hybridized carbons (Fsp3) is 0.789. The van der Waals surface area contributed by atoms with E-state index in [9.17, 15) is 0 Å². The predicted octanol–water partition coefficient (Wildman–Crippen LogP) is 13.5. The molecule has 0 fully saturated rings. The van der Waals surface area contributed by atoms with E-state index < -0.39 is 36.8 Å². The van der Waals surface area contributed by atoms with E-state index in [0.717, 1.165) is 0 Å². The Balaban J connectivity index is 1.93. The Morgan fingerprint density at radius 3 is 0.929 bits per heavy atom. The van der Waals surface area contributed by atoms with Crippen molar-refractivity contribution in [2.24, 2.45) is 0 Å². The SMILES string of the molecule is CCCCCCCCCCCCc1cc(-c2cc(CCCCCCCCCCCC)[c]([Sn]([CH3])([CH3])[CH3])s2)s[c]1[Sn]([CH3])([CH3])[CH3]. The standard InChI is InChI=1S/C32H52S2.6CH3.2Sn/c1-3-5-7-9-11-13-15-17-19-21-23-29-25-31(33-27-29)32-26-30(28-34-32)24-22-20-18-16-14-12-10-8-6-4-2;;;;;;;;/h25-26H,3-24H2,1-2H3;6*1H3;;. The van der Waals surface area contributed by atoms with E-state index >= 15 is 0 Å². The van der Waals surface area contributed by atoms with Crippen LogP contribution in [0.4, 0.5) is 0 Å². The van der Waals surface area contributed by atoms with E-state index in [4.69, 9.17) is 0 Å². The topological polar surface area (TPSA) is 0 Å². The molecule has 4 heteroatoms. The minimum absolute atomic E-state index is 1.32. The fourth-order valence-electron chi connectivity index (χ4n) is 6.35. The Hall–Kier alpha value is 0.997. The first-order valence-corrected chi connectivity index (χ1v) is 40.0. The third-order valence-corrected chi connectivity index (χ3v) is 30.6. The molecular weight excluding hydrogens is 758 g/mol. The van der Waals surface area contributed by atoms with Gasteiger partial charge in [-0.15, -0.1) is 0 Å². The first-order valence-electron chi connectivity index (χ1n) is 18.3. The van der Waals surface area contributed by atoms with Crippen LogP contribution < -0.4 is 5.79 Å². The van der Waals surface area contributed by atoms with Crippen LogP contribution >= 0.6 is 22.7 Å². The normalized spacial score (nSPS) is 12.5. The van der Waals surface area contributed by atoms with Crippen LogP contribution in [0.1, 0.15) is 153 Å². The number of thiophene rings is 2. The van der Waals surface area contributed by atoms with E-state index in [1.807, 2.05) is 5.79 Å². The van der Waals surface area contributed by atoms with Crippen molar-refractivity contribution in [3.8, 4) is 9.75 Å². The van der Waals surface area contributed by atoms with Crippen LogP contribution in [-0.2, 0) is 12.8 Å². The van der Waals surface area contributed by atoms with Crippen LogP contribution in [0.15, 0.2) is 12.1 Å². The second kappa shape index (κ2) is 21.7. The van der Waals surface area contributed by atoms with E-state index in [1.165, 1.54) is 141 Å². The zero-order chi connectivity index (χ0) is 30.8. The molecule has 0 saturated heterocycles. The van der Waals surface area contributed by atoms with Crippen molar-refractivity contribution in [1.82, 2.24) is 0 Å². The van der Waals surface area contributed by atoms with Crippen molar-refractivity contribution >= 4 is 65.2 Å². The van der Waals surface area contributed by atoms with Gasteiger partial charge in [0.05, 0.1) is 0 Å². The van der Waals surface area contributed by atoms with Gasteiger partial charge >= 0.3 is 256 Å². The summed E-state index contributed by atoms with van der Waals surface area (Å²) in [4.78, 5) is 19.0. The Bertz CT molecular complexity index is 879. The molecule has 0 N–H and O–H groups in total. The number of hydrogen-bond donors (Lipinski definition) is 0. The Kier molecular flexibility index (Phi) is 20.3. The van der Waals surface area contributed by atoms with Crippen molar-refractivity contribution in [3.05, 3.63) is 23.3 Å². The van der Waals surface area contributed by atoms with Gasteiger partial charge in [-0.25, -0.2) is 0 Å². The van der Waals surface area contributed by atoms with Crippen molar-refractivity contribution < 1.29 is 0 Å². The van der Waals surface area contributed by atoms with Crippen molar-refractivity contribution in [1.29, 1.82) is 0 Å². The third-order valence-electron chi connectivity index (χ3n) is 8.82. The Morgan fingerprint density at radius 2 is 0.667 bits per heavy atom. The summed E-state index contributed by atoms with van der Waals surface area (Å²) in [7, 11) is 0. The van der Waals surface area contributed by atoms with Crippen LogP contribution in [0.5, 0.6) is 0 Å². The molecule has 2 rings (SSSR count). The zero-order valence-electron chi connectivity index (χ0n) is 29.5. The van der Waals surface area contributed by atoms with Gasteiger partial charge < -0.3 is 0 Å². The van der Waals surface area contributed by atoms with Gasteiger partial charge in [-0.05, 0) is 0 Å². The molecule has 242 valence electrons. The maximum absolute atomic E-state index is 2.66. The minimum atomic E-state index is -2.15. The summed E-state index contributed by atoms with van der Waals surface area (Å²) in [5.74, 6) is 0. The summed E-state index contributed by atoms with van der Waals surface area (Å²) in [6.07, 6.45) is 31.2.